The molecule has 1 aliphatic heterocycles. The molecule has 0 aromatic heterocycles. The van der Waals surface area contributed by atoms with Gasteiger partial charge in [0.15, 0.2) is 0 Å². The number of ether oxygens (including phenoxy) is 1. The molecule has 0 saturated carbocycles. The summed E-state index contributed by atoms with van der Waals surface area (Å²) in [7, 11) is 0. The zero-order chi connectivity index (χ0) is 19.3. The number of nitrogens with one attached hydrogen (secondary N) is 1. The van der Waals surface area contributed by atoms with Gasteiger partial charge in [0.05, 0.1) is 5.60 Å². The normalized spacial score (nSPS) is 25.4. The first-order valence-corrected chi connectivity index (χ1v) is 10.2. The molecule has 0 aliphatic carbocycles. The highest BCUT2D eigenvalue weighted by Gasteiger charge is 2.43. The standard InChI is InChI=1S/C24H33NO2/c1-4-23(3)18-24(14-16-27-23,21-11-9-19(2)10-12-21)13-15-25-17-20-7-5-6-8-22(20)26/h5-12,25-26H,4,13-18H2,1-3H3/t23-,24?/m1/s1. The van der Waals surface area contributed by atoms with Crippen LogP contribution in [0.4, 0.5) is 0 Å². The van der Waals surface area contributed by atoms with E-state index in [-0.39, 0.29) is 11.0 Å². The van der Waals surface area contributed by atoms with Crippen LogP contribution in [0.5, 0.6) is 5.75 Å². The van der Waals surface area contributed by atoms with Crippen LogP contribution >= 0.6 is 0 Å². The summed E-state index contributed by atoms with van der Waals surface area (Å²) in [6.45, 7) is 9.05. The van der Waals surface area contributed by atoms with Crippen molar-refractivity contribution in [2.75, 3.05) is 13.2 Å². The lowest BCUT2D eigenvalue weighted by molar-refractivity contribution is -0.0979. The van der Waals surface area contributed by atoms with E-state index in [1.165, 1.54) is 11.1 Å². The van der Waals surface area contributed by atoms with Gasteiger partial charge in [-0.2, -0.15) is 0 Å². The van der Waals surface area contributed by atoms with E-state index in [1.54, 1.807) is 6.07 Å². The van der Waals surface area contributed by atoms with Crippen molar-refractivity contribution < 1.29 is 9.84 Å². The minimum Gasteiger partial charge on any atom is -0.508 e. The van der Waals surface area contributed by atoms with Crippen molar-refractivity contribution in [3.8, 4) is 5.75 Å². The highest BCUT2D eigenvalue weighted by atomic mass is 16.5. The van der Waals surface area contributed by atoms with E-state index in [0.717, 1.165) is 44.4 Å². The van der Waals surface area contributed by atoms with Gasteiger partial charge in [0, 0.05) is 24.1 Å². The van der Waals surface area contributed by atoms with E-state index >= 15 is 0 Å². The van der Waals surface area contributed by atoms with Crippen molar-refractivity contribution in [3.63, 3.8) is 0 Å². The van der Waals surface area contributed by atoms with Crippen LogP contribution in [0.3, 0.4) is 0 Å². The maximum absolute atomic E-state index is 9.96. The predicted molar refractivity (Wildman–Crippen MR) is 111 cm³/mol. The highest BCUT2D eigenvalue weighted by Crippen LogP contribution is 2.45. The topological polar surface area (TPSA) is 41.5 Å². The second kappa shape index (κ2) is 8.45. The Morgan fingerprint density at radius 2 is 1.85 bits per heavy atom. The first kappa shape index (κ1) is 19.9. The van der Waals surface area contributed by atoms with Crippen molar-refractivity contribution >= 4 is 0 Å². The van der Waals surface area contributed by atoms with Crippen LogP contribution in [0.15, 0.2) is 48.5 Å². The fourth-order valence-electron chi connectivity index (χ4n) is 4.30. The molecule has 1 unspecified atom stereocenters. The Hall–Kier alpha value is -1.84. The average Bonchev–Trinajstić information content (AvgIpc) is 2.67. The van der Waals surface area contributed by atoms with E-state index in [2.05, 4.69) is 50.4 Å². The zero-order valence-corrected chi connectivity index (χ0v) is 16.9. The second-order valence-corrected chi connectivity index (χ2v) is 8.28. The molecule has 2 aromatic rings. The van der Waals surface area contributed by atoms with Gasteiger partial charge in [0.2, 0.25) is 0 Å². The minimum absolute atomic E-state index is 0.0547. The smallest absolute Gasteiger partial charge is 0.120 e. The Morgan fingerprint density at radius 3 is 2.56 bits per heavy atom. The summed E-state index contributed by atoms with van der Waals surface area (Å²) in [4.78, 5) is 0. The number of phenolic OH excluding ortho intramolecular Hbond substituents is 1. The Morgan fingerprint density at radius 1 is 1.11 bits per heavy atom. The van der Waals surface area contributed by atoms with Crippen LogP contribution in [-0.4, -0.2) is 23.9 Å². The Kier molecular flexibility index (Phi) is 6.23. The van der Waals surface area contributed by atoms with Crippen LogP contribution in [0.2, 0.25) is 0 Å². The molecule has 2 atom stereocenters. The van der Waals surface area contributed by atoms with Crippen LogP contribution in [-0.2, 0) is 16.7 Å². The molecule has 146 valence electrons. The molecule has 0 spiro atoms. The number of hydrogen-bond acceptors (Lipinski definition) is 3. The fraction of sp³-hybridized carbons (Fsp3) is 0.500. The SMILES string of the molecule is CC[C@]1(C)CC(CCNCc2ccccc2O)(c2ccc(C)cc2)CCO1. The Balaban J connectivity index is 1.72. The molecular formula is C24H33NO2. The van der Waals surface area contributed by atoms with E-state index in [4.69, 9.17) is 4.74 Å². The van der Waals surface area contributed by atoms with Gasteiger partial charge in [-0.3, -0.25) is 0 Å². The molecule has 0 radical (unpaired) electrons. The molecule has 1 aliphatic rings. The lowest BCUT2D eigenvalue weighted by Crippen LogP contribution is -2.46. The predicted octanol–water partition coefficient (Wildman–Crippen LogP) is 5.10. The third-order valence-electron chi connectivity index (χ3n) is 6.24. The minimum atomic E-state index is -0.0547. The van der Waals surface area contributed by atoms with E-state index in [9.17, 15) is 5.11 Å². The molecule has 2 N–H and O–H groups in total. The maximum atomic E-state index is 9.96. The monoisotopic (exact) mass is 367 g/mol. The number of para-hydroxylation sites is 1. The lowest BCUT2D eigenvalue weighted by Gasteiger charge is -2.47. The van der Waals surface area contributed by atoms with Crippen molar-refractivity contribution in [2.24, 2.45) is 0 Å². The van der Waals surface area contributed by atoms with Crippen molar-refractivity contribution in [1.82, 2.24) is 5.32 Å². The molecule has 27 heavy (non-hydrogen) atoms. The summed E-state index contributed by atoms with van der Waals surface area (Å²) in [5.74, 6) is 0.364. The fourth-order valence-corrected chi connectivity index (χ4v) is 4.30. The Labute approximate surface area is 163 Å². The second-order valence-electron chi connectivity index (χ2n) is 8.28. The van der Waals surface area contributed by atoms with Gasteiger partial charge in [0.1, 0.15) is 5.75 Å². The van der Waals surface area contributed by atoms with Gasteiger partial charge >= 0.3 is 0 Å². The summed E-state index contributed by atoms with van der Waals surface area (Å²) in [5.41, 5.74) is 3.77. The van der Waals surface area contributed by atoms with Gasteiger partial charge in [-0.15, -0.1) is 0 Å². The van der Waals surface area contributed by atoms with Gasteiger partial charge in [-0.05, 0) is 57.7 Å². The van der Waals surface area contributed by atoms with Gasteiger partial charge in [-0.25, -0.2) is 0 Å². The summed E-state index contributed by atoms with van der Waals surface area (Å²) in [6.07, 6.45) is 4.22. The summed E-state index contributed by atoms with van der Waals surface area (Å²) in [5, 5.41) is 13.5. The molecular weight excluding hydrogens is 334 g/mol. The van der Waals surface area contributed by atoms with Gasteiger partial charge in [-0.1, -0.05) is 55.0 Å². The maximum Gasteiger partial charge on any atom is 0.120 e. The van der Waals surface area contributed by atoms with Crippen molar-refractivity contribution in [2.45, 2.75) is 64.0 Å². The number of phenols is 1. The van der Waals surface area contributed by atoms with Gasteiger partial charge < -0.3 is 15.2 Å². The zero-order valence-electron chi connectivity index (χ0n) is 16.9. The van der Waals surface area contributed by atoms with Crippen LogP contribution in [0, 0.1) is 6.92 Å². The largest absolute Gasteiger partial charge is 0.508 e. The number of hydrogen-bond donors (Lipinski definition) is 2. The molecule has 0 amide bonds. The van der Waals surface area contributed by atoms with Crippen LogP contribution in [0.25, 0.3) is 0 Å². The number of benzene rings is 2. The Bertz CT molecular complexity index is 742. The van der Waals surface area contributed by atoms with Crippen LogP contribution < -0.4 is 5.32 Å². The first-order chi connectivity index (χ1) is 13.0. The first-order valence-electron chi connectivity index (χ1n) is 10.2. The van der Waals surface area contributed by atoms with E-state index in [1.807, 2.05) is 18.2 Å². The van der Waals surface area contributed by atoms with Crippen LogP contribution in [0.1, 0.15) is 56.2 Å². The molecule has 3 rings (SSSR count). The molecule has 3 nitrogen and oxygen atoms in total. The average molecular weight is 368 g/mol. The third kappa shape index (κ3) is 4.72. The summed E-state index contributed by atoms with van der Waals surface area (Å²) in [6, 6.07) is 16.6. The molecule has 1 fully saturated rings. The lowest BCUT2D eigenvalue weighted by atomic mass is 9.66. The summed E-state index contributed by atoms with van der Waals surface area (Å²) >= 11 is 0. The quantitative estimate of drug-likeness (QED) is 0.669. The van der Waals surface area contributed by atoms with E-state index < -0.39 is 0 Å². The van der Waals surface area contributed by atoms with E-state index in [0.29, 0.717) is 12.3 Å². The van der Waals surface area contributed by atoms with Crippen molar-refractivity contribution in [1.29, 1.82) is 0 Å². The van der Waals surface area contributed by atoms with Crippen molar-refractivity contribution in [3.05, 3.63) is 65.2 Å². The highest BCUT2D eigenvalue weighted by molar-refractivity contribution is 5.32. The molecule has 2 aromatic carbocycles. The number of rotatable bonds is 7. The summed E-state index contributed by atoms with van der Waals surface area (Å²) < 4.78 is 6.15. The molecule has 1 saturated heterocycles. The molecule has 0 bridgehead atoms. The number of aryl methyl sites for hydroxylation is 1. The van der Waals surface area contributed by atoms with Gasteiger partial charge in [0.25, 0.3) is 0 Å². The molecule has 3 heteroatoms. The molecule has 1 heterocycles. The third-order valence-corrected chi connectivity index (χ3v) is 6.24. The number of aromatic hydroxyl groups is 1.